The second kappa shape index (κ2) is 4.51. The van der Waals surface area contributed by atoms with Gasteiger partial charge in [0.25, 0.3) is 0 Å². The average Bonchev–Trinajstić information content (AvgIpc) is 2.27. The van der Waals surface area contributed by atoms with E-state index in [2.05, 4.69) is 11.9 Å². The van der Waals surface area contributed by atoms with Crippen molar-refractivity contribution >= 4 is 11.9 Å². The molecule has 2 N–H and O–H groups in total. The summed E-state index contributed by atoms with van der Waals surface area (Å²) in [4.78, 5) is 22.0. The lowest BCUT2D eigenvalue weighted by atomic mass is 9.57. The Morgan fingerprint density at radius 1 is 1.29 bits per heavy atom. The maximum absolute atomic E-state index is 11.1. The summed E-state index contributed by atoms with van der Waals surface area (Å²) in [6.45, 7) is 3.43. The third-order valence-electron chi connectivity index (χ3n) is 4.29. The van der Waals surface area contributed by atoms with E-state index in [0.29, 0.717) is 5.41 Å². The normalized spacial score (nSPS) is 36.0. The zero-order chi connectivity index (χ0) is 12.5. The van der Waals surface area contributed by atoms with Crippen LogP contribution in [0.25, 0.3) is 0 Å². The van der Waals surface area contributed by atoms with Gasteiger partial charge in [-0.2, -0.15) is 0 Å². The predicted molar refractivity (Wildman–Crippen MR) is 63.4 cm³/mol. The summed E-state index contributed by atoms with van der Waals surface area (Å²) >= 11 is 0. The van der Waals surface area contributed by atoms with Gasteiger partial charge in [-0.25, -0.2) is 0 Å². The molecule has 17 heavy (non-hydrogen) atoms. The Balaban J connectivity index is 1.77. The maximum Gasteiger partial charge on any atom is 0.306 e. The van der Waals surface area contributed by atoms with Crippen LogP contribution in [0.4, 0.5) is 0 Å². The van der Waals surface area contributed by atoms with Gasteiger partial charge in [-0.05, 0) is 50.0 Å². The van der Waals surface area contributed by atoms with Gasteiger partial charge in [-0.3, -0.25) is 9.59 Å². The lowest BCUT2D eigenvalue weighted by molar-refractivity contribution is -0.144. The molecule has 0 saturated heterocycles. The van der Waals surface area contributed by atoms with Gasteiger partial charge in [0.05, 0.1) is 5.92 Å². The second-order valence-corrected chi connectivity index (χ2v) is 5.43. The van der Waals surface area contributed by atoms with Crippen LogP contribution < -0.4 is 5.32 Å². The molecule has 0 aliphatic heterocycles. The summed E-state index contributed by atoms with van der Waals surface area (Å²) in [5.41, 5.74) is 0.311. The zero-order valence-corrected chi connectivity index (χ0v) is 9.95. The number of rotatable bonds is 3. The van der Waals surface area contributed by atoms with Crippen molar-refractivity contribution in [3.63, 3.8) is 0 Å². The number of carboxylic acids is 1. The molecule has 2 aliphatic carbocycles. The number of hydrogen-bond acceptors (Lipinski definition) is 2. The van der Waals surface area contributed by atoms with Crippen LogP contribution in [-0.2, 0) is 9.59 Å². The first kappa shape index (κ1) is 12.1. The Kier molecular flexibility index (Phi) is 3.22. The van der Waals surface area contributed by atoms with Crippen molar-refractivity contribution in [3.05, 3.63) is 12.7 Å². The summed E-state index contributed by atoms with van der Waals surface area (Å²) in [5.74, 6) is -0.915. The molecule has 0 atom stereocenters. The van der Waals surface area contributed by atoms with Crippen molar-refractivity contribution in [1.82, 2.24) is 5.32 Å². The molecule has 2 aliphatic rings. The lowest BCUT2D eigenvalue weighted by Gasteiger charge is -2.51. The first-order valence-corrected chi connectivity index (χ1v) is 6.20. The van der Waals surface area contributed by atoms with Gasteiger partial charge in [0.2, 0.25) is 5.91 Å². The van der Waals surface area contributed by atoms with Gasteiger partial charge in [0.15, 0.2) is 0 Å². The van der Waals surface area contributed by atoms with Crippen LogP contribution in [0.2, 0.25) is 0 Å². The van der Waals surface area contributed by atoms with Crippen LogP contribution in [0.1, 0.15) is 38.5 Å². The van der Waals surface area contributed by atoms with Gasteiger partial charge in [-0.15, -0.1) is 0 Å². The minimum atomic E-state index is -0.657. The minimum Gasteiger partial charge on any atom is -0.481 e. The van der Waals surface area contributed by atoms with Crippen molar-refractivity contribution in [3.8, 4) is 0 Å². The molecule has 0 aromatic carbocycles. The molecule has 94 valence electrons. The van der Waals surface area contributed by atoms with Crippen LogP contribution in [-0.4, -0.2) is 23.0 Å². The molecule has 2 saturated carbocycles. The SMILES string of the molecule is C=CC(=O)NC1CC2(CCC(C(=O)O)CC2)C1. The van der Waals surface area contributed by atoms with E-state index in [-0.39, 0.29) is 17.9 Å². The molecule has 0 aromatic heterocycles. The summed E-state index contributed by atoms with van der Waals surface area (Å²) in [7, 11) is 0. The van der Waals surface area contributed by atoms with Crippen molar-refractivity contribution in [2.75, 3.05) is 0 Å². The molecular weight excluding hydrogens is 218 g/mol. The van der Waals surface area contributed by atoms with Crippen LogP contribution in [0.5, 0.6) is 0 Å². The van der Waals surface area contributed by atoms with Gasteiger partial charge in [0.1, 0.15) is 0 Å². The fourth-order valence-electron chi connectivity index (χ4n) is 3.23. The van der Waals surface area contributed by atoms with Crippen molar-refractivity contribution < 1.29 is 14.7 Å². The highest BCUT2D eigenvalue weighted by atomic mass is 16.4. The number of carbonyl (C=O) groups is 2. The molecule has 2 rings (SSSR count). The number of nitrogens with one attached hydrogen (secondary N) is 1. The molecule has 0 unspecified atom stereocenters. The smallest absolute Gasteiger partial charge is 0.306 e. The van der Waals surface area contributed by atoms with Gasteiger partial charge in [-0.1, -0.05) is 6.58 Å². The predicted octanol–water partition coefficient (Wildman–Crippen LogP) is 1.71. The van der Waals surface area contributed by atoms with E-state index in [1.165, 1.54) is 6.08 Å². The van der Waals surface area contributed by atoms with Crippen LogP contribution in [0, 0.1) is 11.3 Å². The number of hydrogen-bond donors (Lipinski definition) is 2. The number of amides is 1. The molecule has 0 heterocycles. The van der Waals surface area contributed by atoms with E-state index in [0.717, 1.165) is 38.5 Å². The van der Waals surface area contributed by atoms with E-state index in [9.17, 15) is 9.59 Å². The molecule has 2 fully saturated rings. The summed E-state index contributed by atoms with van der Waals surface area (Å²) in [6.07, 6.45) is 6.86. The monoisotopic (exact) mass is 237 g/mol. The average molecular weight is 237 g/mol. The minimum absolute atomic E-state index is 0.107. The van der Waals surface area contributed by atoms with Gasteiger partial charge < -0.3 is 10.4 Å². The fraction of sp³-hybridized carbons (Fsp3) is 0.692. The summed E-state index contributed by atoms with van der Waals surface area (Å²) in [6, 6.07) is 0.266. The van der Waals surface area contributed by atoms with Crippen molar-refractivity contribution in [2.45, 2.75) is 44.6 Å². The van der Waals surface area contributed by atoms with Crippen LogP contribution >= 0.6 is 0 Å². The Morgan fingerprint density at radius 2 is 1.88 bits per heavy atom. The molecule has 0 aromatic rings. The second-order valence-electron chi connectivity index (χ2n) is 5.43. The largest absolute Gasteiger partial charge is 0.481 e. The van der Waals surface area contributed by atoms with E-state index in [4.69, 9.17) is 5.11 Å². The molecular formula is C13H19NO3. The van der Waals surface area contributed by atoms with Crippen LogP contribution in [0.15, 0.2) is 12.7 Å². The third-order valence-corrected chi connectivity index (χ3v) is 4.29. The highest BCUT2D eigenvalue weighted by molar-refractivity contribution is 5.87. The summed E-state index contributed by atoms with van der Waals surface area (Å²) in [5, 5.41) is 11.8. The Bertz CT molecular complexity index is 335. The third kappa shape index (κ3) is 2.51. The van der Waals surface area contributed by atoms with E-state index < -0.39 is 5.97 Å². The standard InChI is InChI=1S/C13H19NO3/c1-2-11(15)14-10-7-13(8-10)5-3-9(4-6-13)12(16)17/h2,9-10H,1,3-8H2,(H,14,15)(H,16,17). The van der Waals surface area contributed by atoms with Crippen molar-refractivity contribution in [2.24, 2.45) is 11.3 Å². The highest BCUT2D eigenvalue weighted by Gasteiger charge is 2.47. The highest BCUT2D eigenvalue weighted by Crippen LogP contribution is 2.52. The topological polar surface area (TPSA) is 66.4 Å². The molecule has 0 bridgehead atoms. The Morgan fingerprint density at radius 3 is 2.35 bits per heavy atom. The van der Waals surface area contributed by atoms with Crippen LogP contribution in [0.3, 0.4) is 0 Å². The van der Waals surface area contributed by atoms with E-state index in [1.807, 2.05) is 0 Å². The molecule has 1 spiro atoms. The molecule has 0 radical (unpaired) electrons. The number of carbonyl (C=O) groups excluding carboxylic acids is 1. The fourth-order valence-corrected chi connectivity index (χ4v) is 3.23. The number of carboxylic acid groups (broad SMARTS) is 1. The van der Waals surface area contributed by atoms with E-state index >= 15 is 0 Å². The first-order valence-electron chi connectivity index (χ1n) is 6.20. The lowest BCUT2D eigenvalue weighted by Crippen LogP contribution is -2.52. The summed E-state index contributed by atoms with van der Waals surface area (Å²) < 4.78 is 0. The molecule has 4 heteroatoms. The Labute approximate surface area is 101 Å². The molecule has 1 amide bonds. The quantitative estimate of drug-likeness (QED) is 0.734. The number of aliphatic carboxylic acids is 1. The van der Waals surface area contributed by atoms with Gasteiger partial charge in [0, 0.05) is 6.04 Å². The van der Waals surface area contributed by atoms with E-state index in [1.54, 1.807) is 0 Å². The maximum atomic E-state index is 11.1. The van der Waals surface area contributed by atoms with Crippen molar-refractivity contribution in [1.29, 1.82) is 0 Å². The Hall–Kier alpha value is -1.32. The zero-order valence-electron chi connectivity index (χ0n) is 9.95. The molecule has 4 nitrogen and oxygen atoms in total. The van der Waals surface area contributed by atoms with Gasteiger partial charge >= 0.3 is 5.97 Å². The first-order chi connectivity index (χ1) is 8.04.